The molecule has 110 valence electrons. The maximum atomic E-state index is 12.1. The molecule has 1 N–H and O–H groups in total. The minimum atomic E-state index is -0.219. The number of aromatic nitrogens is 2. The number of hydrogen-bond donors (Lipinski definition) is 1. The summed E-state index contributed by atoms with van der Waals surface area (Å²) < 4.78 is 1.42. The van der Waals surface area contributed by atoms with Gasteiger partial charge in [0.15, 0.2) is 0 Å². The Morgan fingerprint density at radius 3 is 2.80 bits per heavy atom. The fourth-order valence-electron chi connectivity index (χ4n) is 2.81. The van der Waals surface area contributed by atoms with Crippen LogP contribution in [0.2, 0.25) is 5.02 Å². The molecule has 1 aliphatic carbocycles. The van der Waals surface area contributed by atoms with Gasteiger partial charge in [-0.3, -0.25) is 9.69 Å². The Kier molecular flexibility index (Phi) is 3.73. The third-order valence-corrected chi connectivity index (χ3v) is 4.44. The van der Waals surface area contributed by atoms with Crippen molar-refractivity contribution in [3.05, 3.63) is 21.6 Å². The van der Waals surface area contributed by atoms with Crippen LogP contribution in [-0.2, 0) is 0 Å². The third kappa shape index (κ3) is 2.69. The molecule has 0 radical (unpaired) electrons. The van der Waals surface area contributed by atoms with Gasteiger partial charge in [0.2, 0.25) is 0 Å². The first-order chi connectivity index (χ1) is 9.56. The summed E-state index contributed by atoms with van der Waals surface area (Å²) in [6, 6.07) is 1.18. The average molecular weight is 297 g/mol. The van der Waals surface area contributed by atoms with E-state index in [4.69, 9.17) is 11.6 Å². The zero-order valence-electron chi connectivity index (χ0n) is 12.0. The van der Waals surface area contributed by atoms with E-state index >= 15 is 0 Å². The number of rotatable bonds is 4. The number of hydrogen-bond acceptors (Lipinski definition) is 4. The largest absolute Gasteiger partial charge is 0.378 e. The predicted molar refractivity (Wildman–Crippen MR) is 80.5 cm³/mol. The maximum absolute atomic E-state index is 12.1. The van der Waals surface area contributed by atoms with Crippen LogP contribution in [0.3, 0.4) is 0 Å². The van der Waals surface area contributed by atoms with Crippen LogP contribution in [0.4, 0.5) is 5.69 Å². The first-order valence-electron chi connectivity index (χ1n) is 7.34. The lowest BCUT2D eigenvalue weighted by Crippen LogP contribution is -2.30. The van der Waals surface area contributed by atoms with Crippen molar-refractivity contribution in [3.8, 4) is 0 Å². The molecule has 0 bridgehead atoms. The van der Waals surface area contributed by atoms with E-state index in [2.05, 4.69) is 15.3 Å². The van der Waals surface area contributed by atoms with Gasteiger partial charge in [-0.1, -0.05) is 11.6 Å². The molecule has 1 saturated heterocycles. The van der Waals surface area contributed by atoms with Crippen LogP contribution in [0.25, 0.3) is 0 Å². The first kappa shape index (κ1) is 13.9. The van der Waals surface area contributed by atoms with Crippen molar-refractivity contribution in [1.82, 2.24) is 14.7 Å². The molecule has 2 fully saturated rings. The van der Waals surface area contributed by atoms with Crippen molar-refractivity contribution in [2.75, 3.05) is 18.4 Å². The van der Waals surface area contributed by atoms with Crippen LogP contribution in [-0.4, -0.2) is 39.9 Å². The molecule has 0 amide bonds. The number of likely N-dealkylation sites (tertiary alicyclic amines) is 1. The molecule has 1 unspecified atom stereocenters. The Morgan fingerprint density at radius 2 is 2.15 bits per heavy atom. The van der Waals surface area contributed by atoms with Gasteiger partial charge >= 0.3 is 0 Å². The summed E-state index contributed by atoms with van der Waals surface area (Å²) in [5.41, 5.74) is 0.444. The topological polar surface area (TPSA) is 50.2 Å². The summed E-state index contributed by atoms with van der Waals surface area (Å²) in [4.78, 5) is 14.6. The minimum absolute atomic E-state index is 0.0193. The second-order valence-electron chi connectivity index (χ2n) is 6.07. The predicted octanol–water partition coefficient (Wildman–Crippen LogP) is 2.13. The van der Waals surface area contributed by atoms with Crippen LogP contribution in [0.15, 0.2) is 11.0 Å². The molecule has 2 aliphatic rings. The van der Waals surface area contributed by atoms with Crippen LogP contribution in [0.1, 0.15) is 39.2 Å². The monoisotopic (exact) mass is 296 g/mol. The van der Waals surface area contributed by atoms with Crippen molar-refractivity contribution in [2.45, 2.75) is 51.2 Å². The van der Waals surface area contributed by atoms with Crippen LogP contribution in [0, 0.1) is 0 Å². The molecule has 1 atom stereocenters. The summed E-state index contributed by atoms with van der Waals surface area (Å²) in [6.45, 7) is 6.01. The Labute approximate surface area is 123 Å². The molecule has 5 nitrogen and oxygen atoms in total. The van der Waals surface area contributed by atoms with E-state index in [0.29, 0.717) is 11.7 Å². The lowest BCUT2D eigenvalue weighted by molar-refractivity contribution is 0.326. The molecule has 0 aromatic carbocycles. The zero-order chi connectivity index (χ0) is 14.3. The van der Waals surface area contributed by atoms with E-state index in [9.17, 15) is 4.79 Å². The fourth-order valence-corrected chi connectivity index (χ4v) is 3.00. The van der Waals surface area contributed by atoms with Crippen molar-refractivity contribution in [3.63, 3.8) is 0 Å². The smallest absolute Gasteiger partial charge is 0.287 e. The second-order valence-corrected chi connectivity index (χ2v) is 6.45. The summed E-state index contributed by atoms with van der Waals surface area (Å²) >= 11 is 6.18. The highest BCUT2D eigenvalue weighted by atomic mass is 35.5. The van der Waals surface area contributed by atoms with E-state index in [0.717, 1.165) is 25.6 Å². The lowest BCUT2D eigenvalue weighted by atomic mass is 10.2. The fraction of sp³-hybridized carbons (Fsp3) is 0.714. The van der Waals surface area contributed by atoms with E-state index in [1.807, 2.05) is 13.8 Å². The summed E-state index contributed by atoms with van der Waals surface area (Å²) in [5.74, 6) is 0. The Bertz CT molecular complexity index is 553. The SMILES string of the molecule is CC(C)n1ncc(NC2CCN(C3CC3)C2)c(Cl)c1=O. The number of nitrogens with one attached hydrogen (secondary N) is 1. The summed E-state index contributed by atoms with van der Waals surface area (Å²) in [5, 5.41) is 7.82. The van der Waals surface area contributed by atoms with E-state index in [1.165, 1.54) is 17.5 Å². The standard InChI is InChI=1S/C14H21ClN4O/c1-9(2)19-14(20)13(15)12(7-16-19)17-10-5-6-18(8-10)11-3-4-11/h7,9-11,17H,3-6,8H2,1-2H3. The molecule has 1 saturated carbocycles. The van der Waals surface area contributed by atoms with Gasteiger partial charge in [-0.05, 0) is 33.1 Å². The molecule has 3 rings (SSSR count). The molecule has 20 heavy (non-hydrogen) atoms. The number of anilines is 1. The molecular weight excluding hydrogens is 276 g/mol. The van der Waals surface area contributed by atoms with Crippen molar-refractivity contribution < 1.29 is 0 Å². The van der Waals surface area contributed by atoms with Gasteiger partial charge in [0.1, 0.15) is 5.02 Å². The highest BCUT2D eigenvalue weighted by molar-refractivity contribution is 6.32. The van der Waals surface area contributed by atoms with Gasteiger partial charge in [-0.2, -0.15) is 5.10 Å². The van der Waals surface area contributed by atoms with Gasteiger partial charge in [0, 0.05) is 25.2 Å². The Morgan fingerprint density at radius 1 is 1.40 bits per heavy atom. The normalized spacial score (nSPS) is 23.5. The van der Waals surface area contributed by atoms with Gasteiger partial charge in [0.05, 0.1) is 17.9 Å². The summed E-state index contributed by atoms with van der Waals surface area (Å²) in [7, 11) is 0. The highest BCUT2D eigenvalue weighted by Crippen LogP contribution is 2.31. The Hall–Kier alpha value is -1.07. The van der Waals surface area contributed by atoms with Crippen molar-refractivity contribution in [2.24, 2.45) is 0 Å². The average Bonchev–Trinajstić information content (AvgIpc) is 3.15. The molecule has 1 aliphatic heterocycles. The van der Waals surface area contributed by atoms with Crippen LogP contribution >= 0.6 is 11.6 Å². The van der Waals surface area contributed by atoms with Gasteiger partial charge in [-0.25, -0.2) is 4.68 Å². The molecule has 1 aromatic rings. The lowest BCUT2D eigenvalue weighted by Gasteiger charge is -2.18. The quantitative estimate of drug-likeness (QED) is 0.925. The van der Waals surface area contributed by atoms with Gasteiger partial charge < -0.3 is 5.32 Å². The second kappa shape index (κ2) is 5.37. The maximum Gasteiger partial charge on any atom is 0.287 e. The molecule has 1 aromatic heterocycles. The van der Waals surface area contributed by atoms with Gasteiger partial charge in [0.25, 0.3) is 5.56 Å². The van der Waals surface area contributed by atoms with E-state index in [1.54, 1.807) is 6.20 Å². The van der Waals surface area contributed by atoms with Gasteiger partial charge in [-0.15, -0.1) is 0 Å². The van der Waals surface area contributed by atoms with Crippen LogP contribution in [0.5, 0.6) is 0 Å². The molecule has 0 spiro atoms. The highest BCUT2D eigenvalue weighted by Gasteiger charge is 2.34. The number of halogens is 1. The third-order valence-electron chi connectivity index (χ3n) is 4.08. The summed E-state index contributed by atoms with van der Waals surface area (Å²) in [6.07, 6.45) is 5.43. The zero-order valence-corrected chi connectivity index (χ0v) is 12.7. The Balaban J connectivity index is 1.71. The molecular formula is C14H21ClN4O. The first-order valence-corrected chi connectivity index (χ1v) is 7.72. The minimum Gasteiger partial charge on any atom is -0.378 e. The van der Waals surface area contributed by atoms with E-state index in [-0.39, 0.29) is 16.6 Å². The van der Waals surface area contributed by atoms with Crippen molar-refractivity contribution >= 4 is 17.3 Å². The molecule has 6 heteroatoms. The molecule has 2 heterocycles. The van der Waals surface area contributed by atoms with Crippen molar-refractivity contribution in [1.29, 1.82) is 0 Å². The van der Waals surface area contributed by atoms with E-state index < -0.39 is 0 Å². The number of nitrogens with zero attached hydrogens (tertiary/aromatic N) is 3. The van der Waals surface area contributed by atoms with Crippen LogP contribution < -0.4 is 10.9 Å².